The highest BCUT2D eigenvalue weighted by Crippen LogP contribution is 2.25. The van der Waals surface area contributed by atoms with Gasteiger partial charge >= 0.3 is 5.97 Å². The predicted molar refractivity (Wildman–Crippen MR) is 79.0 cm³/mol. The molecule has 1 atom stereocenters. The van der Waals surface area contributed by atoms with Crippen LogP contribution in [0.3, 0.4) is 0 Å². The van der Waals surface area contributed by atoms with E-state index in [2.05, 4.69) is 4.98 Å². The number of nitrogens with zero attached hydrogens (tertiary/aromatic N) is 2. The molecule has 21 heavy (non-hydrogen) atoms. The molecule has 0 aromatic carbocycles. The summed E-state index contributed by atoms with van der Waals surface area (Å²) >= 11 is 5.83. The van der Waals surface area contributed by atoms with Crippen LogP contribution in [0.5, 0.6) is 0 Å². The van der Waals surface area contributed by atoms with E-state index in [1.54, 1.807) is 4.90 Å². The van der Waals surface area contributed by atoms with Gasteiger partial charge in [0.2, 0.25) is 0 Å². The summed E-state index contributed by atoms with van der Waals surface area (Å²) in [6.45, 7) is 0.597. The van der Waals surface area contributed by atoms with Crippen LogP contribution in [0, 0.1) is 0 Å². The van der Waals surface area contributed by atoms with Crippen molar-refractivity contribution in [3.8, 4) is 0 Å². The topological polar surface area (TPSA) is 85.5 Å². The molecule has 1 saturated heterocycles. The first kappa shape index (κ1) is 15.6. The molecular formula is C14H18ClN3O3. The molecule has 1 unspecified atom stereocenters. The number of piperidine rings is 1. The molecule has 0 bridgehead atoms. The van der Waals surface area contributed by atoms with Crippen molar-refractivity contribution in [3.05, 3.63) is 23.0 Å². The number of methoxy groups -OCH3 is 1. The van der Waals surface area contributed by atoms with Gasteiger partial charge in [0, 0.05) is 12.6 Å². The number of ether oxygens (including phenoxy) is 1. The number of hydrogen-bond acceptors (Lipinski definition) is 5. The number of halogens is 1. The Hall–Kier alpha value is -1.82. The average Bonchev–Trinajstić information content (AvgIpc) is 2.49. The Balaban J connectivity index is 2.22. The minimum absolute atomic E-state index is 0.162. The molecule has 1 aliphatic rings. The third-order valence-corrected chi connectivity index (χ3v) is 3.86. The van der Waals surface area contributed by atoms with Crippen molar-refractivity contribution in [2.45, 2.75) is 31.7 Å². The van der Waals surface area contributed by atoms with Gasteiger partial charge in [-0.05, 0) is 25.3 Å². The van der Waals surface area contributed by atoms with Gasteiger partial charge < -0.3 is 15.4 Å². The van der Waals surface area contributed by atoms with E-state index in [9.17, 15) is 9.59 Å². The fraction of sp³-hybridized carbons (Fsp3) is 0.500. The van der Waals surface area contributed by atoms with Crippen molar-refractivity contribution in [1.29, 1.82) is 0 Å². The molecule has 6 nitrogen and oxygen atoms in total. The summed E-state index contributed by atoms with van der Waals surface area (Å²) < 4.78 is 4.70. The minimum Gasteiger partial charge on any atom is -0.469 e. The van der Waals surface area contributed by atoms with Gasteiger partial charge in [-0.2, -0.15) is 0 Å². The molecule has 2 rings (SSSR count). The molecular weight excluding hydrogens is 294 g/mol. The van der Waals surface area contributed by atoms with Crippen molar-refractivity contribution in [2.24, 2.45) is 0 Å². The van der Waals surface area contributed by atoms with E-state index >= 15 is 0 Å². The Bertz CT molecular complexity index is 550. The Morgan fingerprint density at radius 2 is 2.29 bits per heavy atom. The Kier molecular flexibility index (Phi) is 5.01. The van der Waals surface area contributed by atoms with E-state index in [1.165, 1.54) is 19.4 Å². The van der Waals surface area contributed by atoms with Gasteiger partial charge in [0.25, 0.3) is 5.91 Å². The van der Waals surface area contributed by atoms with Gasteiger partial charge in [0.15, 0.2) is 0 Å². The number of esters is 1. The number of likely N-dealkylation sites (tertiary alicyclic amines) is 1. The monoisotopic (exact) mass is 311 g/mol. The van der Waals surface area contributed by atoms with Crippen molar-refractivity contribution in [1.82, 2.24) is 9.88 Å². The third kappa shape index (κ3) is 3.64. The SMILES string of the molecule is COC(=O)CC1CCCCN1C(=O)c1cc(Cl)ncc1N. The summed E-state index contributed by atoms with van der Waals surface area (Å²) in [4.78, 5) is 29.7. The van der Waals surface area contributed by atoms with Crippen molar-refractivity contribution < 1.29 is 14.3 Å². The fourth-order valence-electron chi connectivity index (χ4n) is 2.54. The van der Waals surface area contributed by atoms with Crippen LogP contribution in [0.25, 0.3) is 0 Å². The number of amides is 1. The number of carbonyl (C=O) groups is 2. The molecule has 1 amide bonds. The Morgan fingerprint density at radius 3 is 3.00 bits per heavy atom. The average molecular weight is 312 g/mol. The van der Waals surface area contributed by atoms with Gasteiger partial charge in [0.1, 0.15) is 5.15 Å². The summed E-state index contributed by atoms with van der Waals surface area (Å²) in [6.07, 6.45) is 4.23. The number of aromatic nitrogens is 1. The number of nitrogens with two attached hydrogens (primary N) is 1. The molecule has 7 heteroatoms. The maximum absolute atomic E-state index is 12.7. The summed E-state index contributed by atoms with van der Waals surface area (Å²) in [5, 5.41) is 0.217. The lowest BCUT2D eigenvalue weighted by Gasteiger charge is -2.35. The Labute approximate surface area is 128 Å². The van der Waals surface area contributed by atoms with E-state index in [0.29, 0.717) is 12.1 Å². The van der Waals surface area contributed by atoms with Crippen molar-refractivity contribution in [2.75, 3.05) is 19.4 Å². The van der Waals surface area contributed by atoms with E-state index in [-0.39, 0.29) is 35.2 Å². The number of rotatable bonds is 3. The molecule has 0 aliphatic carbocycles. The summed E-state index contributed by atoms with van der Waals surface area (Å²) in [5.74, 6) is -0.536. The van der Waals surface area contributed by atoms with Crippen LogP contribution in [0.4, 0.5) is 5.69 Å². The maximum Gasteiger partial charge on any atom is 0.307 e. The molecule has 114 valence electrons. The van der Waals surface area contributed by atoms with E-state index < -0.39 is 0 Å². The normalized spacial score (nSPS) is 18.4. The van der Waals surface area contributed by atoms with Crippen LogP contribution < -0.4 is 5.73 Å². The zero-order chi connectivity index (χ0) is 15.4. The van der Waals surface area contributed by atoms with Crippen molar-refractivity contribution >= 4 is 29.2 Å². The van der Waals surface area contributed by atoms with Crippen LogP contribution in [-0.2, 0) is 9.53 Å². The van der Waals surface area contributed by atoms with E-state index in [0.717, 1.165) is 19.3 Å². The second kappa shape index (κ2) is 6.76. The number of pyridine rings is 1. The highest BCUT2D eigenvalue weighted by Gasteiger charge is 2.30. The van der Waals surface area contributed by atoms with Crippen LogP contribution in [0.1, 0.15) is 36.0 Å². The minimum atomic E-state index is -0.319. The first-order valence-corrected chi connectivity index (χ1v) is 7.19. The number of anilines is 1. The summed E-state index contributed by atoms with van der Waals surface area (Å²) in [6, 6.07) is 1.30. The number of nitrogen functional groups attached to an aromatic ring is 1. The maximum atomic E-state index is 12.7. The van der Waals surface area contributed by atoms with Crippen LogP contribution in [0.2, 0.25) is 5.15 Å². The summed E-state index contributed by atoms with van der Waals surface area (Å²) in [5.41, 5.74) is 6.42. The highest BCUT2D eigenvalue weighted by molar-refractivity contribution is 6.29. The number of hydrogen-bond donors (Lipinski definition) is 1. The molecule has 1 fully saturated rings. The molecule has 2 heterocycles. The fourth-order valence-corrected chi connectivity index (χ4v) is 2.69. The van der Waals surface area contributed by atoms with Gasteiger partial charge in [-0.1, -0.05) is 11.6 Å². The van der Waals surface area contributed by atoms with Gasteiger partial charge in [-0.15, -0.1) is 0 Å². The third-order valence-electron chi connectivity index (χ3n) is 3.65. The zero-order valence-corrected chi connectivity index (χ0v) is 12.6. The molecule has 0 spiro atoms. The lowest BCUT2D eigenvalue weighted by molar-refractivity contribution is -0.142. The first-order chi connectivity index (χ1) is 10.0. The van der Waals surface area contributed by atoms with E-state index in [1.807, 2.05) is 0 Å². The predicted octanol–water partition coefficient (Wildman–Crippen LogP) is 1.87. The lowest BCUT2D eigenvalue weighted by Crippen LogP contribution is -2.45. The molecule has 0 radical (unpaired) electrons. The van der Waals surface area contributed by atoms with Crippen LogP contribution in [0.15, 0.2) is 12.3 Å². The highest BCUT2D eigenvalue weighted by atomic mass is 35.5. The largest absolute Gasteiger partial charge is 0.469 e. The van der Waals surface area contributed by atoms with Gasteiger partial charge in [-0.3, -0.25) is 9.59 Å². The lowest BCUT2D eigenvalue weighted by atomic mass is 9.98. The smallest absolute Gasteiger partial charge is 0.307 e. The summed E-state index contributed by atoms with van der Waals surface area (Å²) in [7, 11) is 1.35. The van der Waals surface area contributed by atoms with Gasteiger partial charge in [-0.25, -0.2) is 4.98 Å². The van der Waals surface area contributed by atoms with Crippen molar-refractivity contribution in [3.63, 3.8) is 0 Å². The standard InChI is InChI=1S/C14H18ClN3O3/c1-21-13(19)6-9-4-2-3-5-18(9)14(20)10-7-12(15)17-8-11(10)16/h7-9H,2-6,16H2,1H3. The second-order valence-corrected chi connectivity index (χ2v) is 5.41. The molecule has 1 aliphatic heterocycles. The van der Waals surface area contributed by atoms with Crippen LogP contribution in [-0.4, -0.2) is 41.5 Å². The second-order valence-electron chi connectivity index (χ2n) is 5.02. The zero-order valence-electron chi connectivity index (χ0n) is 11.8. The quantitative estimate of drug-likeness (QED) is 0.680. The first-order valence-electron chi connectivity index (χ1n) is 6.81. The van der Waals surface area contributed by atoms with E-state index in [4.69, 9.17) is 22.1 Å². The molecule has 1 aromatic heterocycles. The number of carbonyl (C=O) groups excluding carboxylic acids is 2. The molecule has 1 aromatic rings. The van der Waals surface area contributed by atoms with Gasteiger partial charge in [0.05, 0.1) is 31.0 Å². The molecule has 2 N–H and O–H groups in total. The molecule has 0 saturated carbocycles. The Morgan fingerprint density at radius 1 is 1.52 bits per heavy atom. The van der Waals surface area contributed by atoms with Crippen LogP contribution >= 0.6 is 11.6 Å².